The molecule has 124 valence electrons. The van der Waals surface area contributed by atoms with Gasteiger partial charge in [-0.05, 0) is 60.5 Å². The summed E-state index contributed by atoms with van der Waals surface area (Å²) in [7, 11) is 1.57. The third-order valence-corrected chi connectivity index (χ3v) is 3.37. The van der Waals surface area contributed by atoms with Crippen LogP contribution in [-0.4, -0.2) is 25.1 Å². The number of carbonyl (C=O) groups is 2. The number of methoxy groups -OCH3 is 1. The topological polar surface area (TPSA) is 79.8 Å². The molecule has 0 aliphatic heterocycles. The highest BCUT2D eigenvalue weighted by atomic mass is 35.5. The standard InChI is InChI=1S/C17H16ClN3O3/c1-11-9-13(18)5-8-15(11)20-16(22)17(23)21-19-10-12-3-6-14(24-2)7-4-12/h3-10H,1-2H3,(H,20,22)(H,21,23). The Morgan fingerprint density at radius 1 is 1.12 bits per heavy atom. The number of hydrazone groups is 1. The minimum absolute atomic E-state index is 0.513. The normalized spacial score (nSPS) is 10.5. The first-order chi connectivity index (χ1) is 11.5. The molecular weight excluding hydrogens is 330 g/mol. The molecule has 24 heavy (non-hydrogen) atoms. The van der Waals surface area contributed by atoms with Gasteiger partial charge in [-0.1, -0.05) is 11.6 Å². The number of halogens is 1. The molecule has 0 atom stereocenters. The summed E-state index contributed by atoms with van der Waals surface area (Å²) in [6.07, 6.45) is 1.43. The minimum atomic E-state index is -0.867. The number of benzene rings is 2. The zero-order chi connectivity index (χ0) is 17.5. The molecular formula is C17H16ClN3O3. The van der Waals surface area contributed by atoms with Gasteiger partial charge in [-0.15, -0.1) is 0 Å². The van der Waals surface area contributed by atoms with Gasteiger partial charge in [-0.3, -0.25) is 9.59 Å². The van der Waals surface area contributed by atoms with Crippen molar-refractivity contribution in [2.75, 3.05) is 12.4 Å². The molecule has 6 nitrogen and oxygen atoms in total. The van der Waals surface area contributed by atoms with Gasteiger partial charge in [-0.2, -0.15) is 5.10 Å². The predicted molar refractivity (Wildman–Crippen MR) is 93.5 cm³/mol. The van der Waals surface area contributed by atoms with Crippen LogP contribution in [0, 0.1) is 6.92 Å². The van der Waals surface area contributed by atoms with Crippen molar-refractivity contribution in [1.29, 1.82) is 0 Å². The molecule has 0 spiro atoms. The largest absolute Gasteiger partial charge is 0.497 e. The summed E-state index contributed by atoms with van der Waals surface area (Å²) < 4.78 is 5.04. The minimum Gasteiger partial charge on any atom is -0.497 e. The number of carbonyl (C=O) groups excluding carboxylic acids is 2. The van der Waals surface area contributed by atoms with Crippen molar-refractivity contribution < 1.29 is 14.3 Å². The van der Waals surface area contributed by atoms with Crippen LogP contribution in [-0.2, 0) is 9.59 Å². The number of aryl methyl sites for hydroxylation is 1. The number of nitrogens with zero attached hydrogens (tertiary/aromatic N) is 1. The molecule has 2 aromatic carbocycles. The molecule has 0 heterocycles. The van der Waals surface area contributed by atoms with E-state index in [-0.39, 0.29) is 0 Å². The van der Waals surface area contributed by atoms with Gasteiger partial charge >= 0.3 is 11.8 Å². The summed E-state index contributed by atoms with van der Waals surface area (Å²) in [5.41, 5.74) is 4.19. The Labute approximate surface area is 144 Å². The van der Waals surface area contributed by atoms with Crippen LogP contribution in [0.15, 0.2) is 47.6 Å². The van der Waals surface area contributed by atoms with Gasteiger partial charge in [0.05, 0.1) is 13.3 Å². The Bertz CT molecular complexity index is 773. The number of rotatable bonds is 4. The highest BCUT2D eigenvalue weighted by molar-refractivity contribution is 6.39. The lowest BCUT2D eigenvalue weighted by atomic mass is 10.2. The van der Waals surface area contributed by atoms with Crippen molar-refractivity contribution in [3.05, 3.63) is 58.6 Å². The molecule has 0 radical (unpaired) electrons. The fourth-order valence-electron chi connectivity index (χ4n) is 1.85. The van der Waals surface area contributed by atoms with Crippen LogP contribution in [0.1, 0.15) is 11.1 Å². The van der Waals surface area contributed by atoms with E-state index in [9.17, 15) is 9.59 Å². The summed E-state index contributed by atoms with van der Waals surface area (Å²) in [6.45, 7) is 1.78. The van der Waals surface area contributed by atoms with Gasteiger partial charge in [0.25, 0.3) is 0 Å². The molecule has 2 aromatic rings. The Hall–Kier alpha value is -2.86. The van der Waals surface area contributed by atoms with Crippen molar-refractivity contribution >= 4 is 35.3 Å². The van der Waals surface area contributed by atoms with Crippen LogP contribution in [0.5, 0.6) is 5.75 Å². The van der Waals surface area contributed by atoms with E-state index in [1.807, 2.05) is 0 Å². The second kappa shape index (κ2) is 8.12. The van der Waals surface area contributed by atoms with E-state index < -0.39 is 11.8 Å². The molecule has 0 bridgehead atoms. The average Bonchev–Trinajstić information content (AvgIpc) is 2.57. The Kier molecular flexibility index (Phi) is 5.92. The summed E-state index contributed by atoms with van der Waals surface area (Å²) in [4.78, 5) is 23.6. The van der Waals surface area contributed by atoms with E-state index in [1.54, 1.807) is 56.5 Å². The highest BCUT2D eigenvalue weighted by Gasteiger charge is 2.13. The molecule has 2 amide bonds. The van der Waals surface area contributed by atoms with Gasteiger partial charge in [0.1, 0.15) is 5.75 Å². The van der Waals surface area contributed by atoms with Gasteiger partial charge < -0.3 is 10.1 Å². The maximum absolute atomic E-state index is 11.8. The number of ether oxygens (including phenoxy) is 1. The zero-order valence-corrected chi connectivity index (χ0v) is 13.9. The SMILES string of the molecule is COc1ccc(C=NNC(=O)C(=O)Nc2ccc(Cl)cc2C)cc1. The first kappa shape index (κ1) is 17.5. The molecule has 2 N–H and O–H groups in total. The third kappa shape index (κ3) is 4.82. The van der Waals surface area contributed by atoms with Gasteiger partial charge in [-0.25, -0.2) is 5.43 Å². The Morgan fingerprint density at radius 2 is 1.83 bits per heavy atom. The van der Waals surface area contributed by atoms with E-state index in [2.05, 4.69) is 15.8 Å². The van der Waals surface area contributed by atoms with Crippen molar-refractivity contribution in [2.45, 2.75) is 6.92 Å². The lowest BCUT2D eigenvalue weighted by Crippen LogP contribution is -2.32. The van der Waals surface area contributed by atoms with Crippen molar-refractivity contribution in [3.8, 4) is 5.75 Å². The van der Waals surface area contributed by atoms with Crippen LogP contribution >= 0.6 is 11.6 Å². The Balaban J connectivity index is 1.91. The number of hydrogen-bond donors (Lipinski definition) is 2. The van der Waals surface area contributed by atoms with Crippen LogP contribution in [0.4, 0.5) is 5.69 Å². The number of nitrogens with one attached hydrogen (secondary N) is 2. The highest BCUT2D eigenvalue weighted by Crippen LogP contribution is 2.19. The molecule has 0 saturated heterocycles. The van der Waals surface area contributed by atoms with E-state index >= 15 is 0 Å². The summed E-state index contributed by atoms with van der Waals surface area (Å²) in [5, 5.41) is 6.80. The summed E-state index contributed by atoms with van der Waals surface area (Å²) >= 11 is 5.84. The van der Waals surface area contributed by atoms with Crippen LogP contribution in [0.25, 0.3) is 0 Å². The molecule has 0 aromatic heterocycles. The summed E-state index contributed by atoms with van der Waals surface area (Å²) in [6, 6.07) is 12.0. The second-order valence-corrected chi connectivity index (χ2v) is 5.32. The fraction of sp³-hybridized carbons (Fsp3) is 0.118. The maximum atomic E-state index is 11.8. The lowest BCUT2D eigenvalue weighted by Gasteiger charge is -2.07. The zero-order valence-electron chi connectivity index (χ0n) is 13.2. The third-order valence-electron chi connectivity index (χ3n) is 3.14. The van der Waals surface area contributed by atoms with Gasteiger partial charge in [0.2, 0.25) is 0 Å². The molecule has 2 rings (SSSR count). The smallest absolute Gasteiger partial charge is 0.329 e. The first-order valence-electron chi connectivity index (χ1n) is 7.04. The molecule has 0 fully saturated rings. The van der Waals surface area contributed by atoms with Crippen LogP contribution < -0.4 is 15.5 Å². The average molecular weight is 346 g/mol. The van der Waals surface area contributed by atoms with Crippen molar-refractivity contribution in [1.82, 2.24) is 5.43 Å². The number of amides is 2. The summed E-state index contributed by atoms with van der Waals surface area (Å²) in [5.74, 6) is -0.963. The molecule has 0 unspecified atom stereocenters. The molecule has 0 aliphatic carbocycles. The number of anilines is 1. The van der Waals surface area contributed by atoms with Crippen molar-refractivity contribution in [3.63, 3.8) is 0 Å². The Morgan fingerprint density at radius 3 is 2.46 bits per heavy atom. The lowest BCUT2D eigenvalue weighted by molar-refractivity contribution is -0.136. The first-order valence-corrected chi connectivity index (χ1v) is 7.42. The predicted octanol–water partition coefficient (Wildman–Crippen LogP) is 2.75. The quantitative estimate of drug-likeness (QED) is 0.508. The fourth-order valence-corrected chi connectivity index (χ4v) is 2.08. The molecule has 0 aliphatic rings. The second-order valence-electron chi connectivity index (χ2n) is 4.89. The monoisotopic (exact) mass is 345 g/mol. The number of hydrogen-bond acceptors (Lipinski definition) is 4. The van der Waals surface area contributed by atoms with E-state index in [0.717, 1.165) is 11.1 Å². The maximum Gasteiger partial charge on any atom is 0.329 e. The van der Waals surface area contributed by atoms with Crippen LogP contribution in [0.3, 0.4) is 0 Å². The van der Waals surface area contributed by atoms with E-state index in [1.165, 1.54) is 6.21 Å². The molecule has 0 saturated carbocycles. The van der Waals surface area contributed by atoms with Crippen molar-refractivity contribution in [2.24, 2.45) is 5.10 Å². The van der Waals surface area contributed by atoms with Gasteiger partial charge in [0.15, 0.2) is 0 Å². The van der Waals surface area contributed by atoms with E-state index in [4.69, 9.17) is 16.3 Å². The van der Waals surface area contributed by atoms with E-state index in [0.29, 0.717) is 16.5 Å². The van der Waals surface area contributed by atoms with Gasteiger partial charge in [0, 0.05) is 10.7 Å². The molecule has 7 heteroatoms. The van der Waals surface area contributed by atoms with Crippen LogP contribution in [0.2, 0.25) is 5.02 Å².